The van der Waals surface area contributed by atoms with Crippen LogP contribution in [0.5, 0.6) is 0 Å². The molecule has 5 nitrogen and oxygen atoms in total. The molecule has 92 valence electrons. The summed E-state index contributed by atoms with van der Waals surface area (Å²) in [4.78, 5) is 11.5. The van der Waals surface area contributed by atoms with Crippen LogP contribution < -0.4 is 5.32 Å². The molecule has 1 amide bonds. The van der Waals surface area contributed by atoms with E-state index in [0.29, 0.717) is 11.7 Å². The van der Waals surface area contributed by atoms with Gasteiger partial charge in [-0.05, 0) is 45.7 Å². The Balaban J connectivity index is 1.92. The molecule has 1 saturated carbocycles. The molecule has 0 radical (unpaired) electrons. The SMILES string of the molecule is CC(C)(C)OC(=O)Nc1ccc(C2CC2)nn1. The summed E-state index contributed by atoms with van der Waals surface area (Å²) in [6.45, 7) is 5.44. The van der Waals surface area contributed by atoms with Crippen LogP contribution in [0.1, 0.15) is 45.2 Å². The van der Waals surface area contributed by atoms with E-state index in [-0.39, 0.29) is 0 Å². The maximum absolute atomic E-state index is 11.5. The summed E-state index contributed by atoms with van der Waals surface area (Å²) in [7, 11) is 0. The Kier molecular flexibility index (Phi) is 3.00. The molecule has 0 aromatic carbocycles. The highest BCUT2D eigenvalue weighted by atomic mass is 16.6. The second-order valence-electron chi connectivity index (χ2n) is 5.24. The number of hydrogen-bond acceptors (Lipinski definition) is 4. The molecule has 1 aromatic heterocycles. The number of amides is 1. The normalized spacial score (nSPS) is 15.5. The van der Waals surface area contributed by atoms with E-state index >= 15 is 0 Å². The quantitative estimate of drug-likeness (QED) is 0.856. The van der Waals surface area contributed by atoms with Crippen LogP contribution in [0.4, 0.5) is 10.6 Å². The fourth-order valence-electron chi connectivity index (χ4n) is 1.41. The van der Waals surface area contributed by atoms with E-state index in [1.165, 1.54) is 12.8 Å². The highest BCUT2D eigenvalue weighted by molar-refractivity contribution is 5.83. The van der Waals surface area contributed by atoms with Gasteiger partial charge < -0.3 is 4.74 Å². The standard InChI is InChI=1S/C12H17N3O2/c1-12(2,3)17-11(16)13-10-7-6-9(14-15-10)8-4-5-8/h6-8H,4-5H2,1-3H3,(H,13,15,16). The third-order valence-electron chi connectivity index (χ3n) is 2.31. The van der Waals surface area contributed by atoms with Crippen LogP contribution in [0.25, 0.3) is 0 Å². The van der Waals surface area contributed by atoms with Crippen LogP contribution in [0.2, 0.25) is 0 Å². The van der Waals surface area contributed by atoms with Crippen molar-refractivity contribution >= 4 is 11.9 Å². The first-order valence-corrected chi connectivity index (χ1v) is 5.78. The molecule has 1 N–H and O–H groups in total. The number of carbonyl (C=O) groups excluding carboxylic acids is 1. The number of hydrogen-bond donors (Lipinski definition) is 1. The van der Waals surface area contributed by atoms with Gasteiger partial charge >= 0.3 is 6.09 Å². The Hall–Kier alpha value is -1.65. The van der Waals surface area contributed by atoms with Crippen LogP contribution >= 0.6 is 0 Å². The molecular weight excluding hydrogens is 218 g/mol. The molecule has 1 aromatic rings. The van der Waals surface area contributed by atoms with Crippen molar-refractivity contribution in [2.24, 2.45) is 0 Å². The Labute approximate surface area is 101 Å². The topological polar surface area (TPSA) is 64.1 Å². The summed E-state index contributed by atoms with van der Waals surface area (Å²) in [6.07, 6.45) is 1.87. The number of nitrogens with one attached hydrogen (secondary N) is 1. The molecule has 1 aliphatic carbocycles. The van der Waals surface area contributed by atoms with E-state index in [2.05, 4.69) is 15.5 Å². The number of nitrogens with zero attached hydrogens (tertiary/aromatic N) is 2. The van der Waals surface area contributed by atoms with Crippen molar-refractivity contribution in [2.45, 2.75) is 45.1 Å². The predicted octanol–water partition coefficient (Wildman–Crippen LogP) is 2.70. The van der Waals surface area contributed by atoms with E-state index in [9.17, 15) is 4.79 Å². The van der Waals surface area contributed by atoms with Crippen molar-refractivity contribution in [3.63, 3.8) is 0 Å². The first-order chi connectivity index (χ1) is 7.94. The molecule has 5 heteroatoms. The van der Waals surface area contributed by atoms with E-state index in [1.807, 2.05) is 26.8 Å². The fraction of sp³-hybridized carbons (Fsp3) is 0.583. The highest BCUT2D eigenvalue weighted by Crippen LogP contribution is 2.38. The molecule has 1 aliphatic rings. The molecule has 0 aliphatic heterocycles. The van der Waals surface area contributed by atoms with Crippen molar-refractivity contribution in [3.8, 4) is 0 Å². The van der Waals surface area contributed by atoms with Gasteiger partial charge in [0.25, 0.3) is 0 Å². The maximum Gasteiger partial charge on any atom is 0.413 e. The van der Waals surface area contributed by atoms with Gasteiger partial charge in [0.05, 0.1) is 5.69 Å². The zero-order chi connectivity index (χ0) is 12.5. The van der Waals surface area contributed by atoms with E-state index in [4.69, 9.17) is 4.74 Å². The molecule has 1 fully saturated rings. The van der Waals surface area contributed by atoms with Gasteiger partial charge in [-0.25, -0.2) is 4.79 Å². The largest absolute Gasteiger partial charge is 0.444 e. The van der Waals surface area contributed by atoms with Gasteiger partial charge in [0.2, 0.25) is 0 Å². The Morgan fingerprint density at radius 1 is 1.35 bits per heavy atom. The third-order valence-corrected chi connectivity index (χ3v) is 2.31. The van der Waals surface area contributed by atoms with Crippen LogP contribution in [0.15, 0.2) is 12.1 Å². The summed E-state index contributed by atoms with van der Waals surface area (Å²) in [6, 6.07) is 3.65. The number of ether oxygens (including phenoxy) is 1. The molecule has 0 saturated heterocycles. The predicted molar refractivity (Wildman–Crippen MR) is 63.9 cm³/mol. The van der Waals surface area contributed by atoms with E-state index in [1.54, 1.807) is 6.07 Å². The lowest BCUT2D eigenvalue weighted by Crippen LogP contribution is -2.27. The molecule has 0 spiro atoms. The van der Waals surface area contributed by atoms with Gasteiger partial charge in [-0.2, -0.15) is 5.10 Å². The zero-order valence-electron chi connectivity index (χ0n) is 10.4. The molecule has 1 heterocycles. The zero-order valence-corrected chi connectivity index (χ0v) is 10.4. The van der Waals surface area contributed by atoms with Crippen LogP contribution in [-0.4, -0.2) is 21.9 Å². The minimum atomic E-state index is -0.508. The summed E-state index contributed by atoms with van der Waals surface area (Å²) < 4.78 is 5.11. The van der Waals surface area contributed by atoms with Gasteiger partial charge in [0.1, 0.15) is 5.60 Å². The van der Waals surface area contributed by atoms with Gasteiger partial charge in [-0.1, -0.05) is 0 Å². The lowest BCUT2D eigenvalue weighted by atomic mass is 10.2. The molecule has 2 rings (SSSR count). The van der Waals surface area contributed by atoms with Crippen LogP contribution in [0.3, 0.4) is 0 Å². The Morgan fingerprint density at radius 3 is 2.53 bits per heavy atom. The van der Waals surface area contributed by atoms with Gasteiger partial charge in [-0.3, -0.25) is 5.32 Å². The lowest BCUT2D eigenvalue weighted by Gasteiger charge is -2.19. The molecule has 0 unspecified atom stereocenters. The summed E-state index contributed by atoms with van der Waals surface area (Å²) in [5.41, 5.74) is 0.491. The second kappa shape index (κ2) is 4.31. The van der Waals surface area contributed by atoms with Crippen molar-refractivity contribution in [1.29, 1.82) is 0 Å². The lowest BCUT2D eigenvalue weighted by molar-refractivity contribution is 0.0635. The van der Waals surface area contributed by atoms with E-state index < -0.39 is 11.7 Å². The Bertz CT molecular complexity index is 405. The smallest absolute Gasteiger partial charge is 0.413 e. The number of rotatable bonds is 2. The van der Waals surface area contributed by atoms with Crippen LogP contribution in [0, 0.1) is 0 Å². The van der Waals surface area contributed by atoms with Crippen molar-refractivity contribution < 1.29 is 9.53 Å². The molecule has 0 bridgehead atoms. The Morgan fingerprint density at radius 2 is 2.06 bits per heavy atom. The van der Waals surface area contributed by atoms with Crippen LogP contribution in [-0.2, 0) is 4.74 Å². The average Bonchev–Trinajstić information content (AvgIpc) is 2.99. The maximum atomic E-state index is 11.5. The molecular formula is C12H17N3O2. The summed E-state index contributed by atoms with van der Waals surface area (Å²) in [5, 5.41) is 10.6. The average molecular weight is 235 g/mol. The summed E-state index contributed by atoms with van der Waals surface area (Å²) in [5.74, 6) is 0.988. The van der Waals surface area contributed by atoms with Crippen molar-refractivity contribution in [3.05, 3.63) is 17.8 Å². The first-order valence-electron chi connectivity index (χ1n) is 5.78. The monoisotopic (exact) mass is 235 g/mol. The van der Waals surface area contributed by atoms with Crippen molar-refractivity contribution in [1.82, 2.24) is 10.2 Å². The molecule has 17 heavy (non-hydrogen) atoms. The second-order valence-corrected chi connectivity index (χ2v) is 5.24. The van der Waals surface area contributed by atoms with Gasteiger partial charge in [-0.15, -0.1) is 5.10 Å². The summed E-state index contributed by atoms with van der Waals surface area (Å²) >= 11 is 0. The highest BCUT2D eigenvalue weighted by Gasteiger charge is 2.25. The van der Waals surface area contributed by atoms with Gasteiger partial charge in [0.15, 0.2) is 5.82 Å². The fourth-order valence-corrected chi connectivity index (χ4v) is 1.41. The minimum Gasteiger partial charge on any atom is -0.444 e. The third kappa shape index (κ3) is 3.69. The molecule has 0 atom stereocenters. The first kappa shape index (κ1) is 11.8. The van der Waals surface area contributed by atoms with Crippen molar-refractivity contribution in [2.75, 3.05) is 5.32 Å². The number of anilines is 1. The number of carbonyl (C=O) groups is 1. The van der Waals surface area contributed by atoms with Gasteiger partial charge in [0, 0.05) is 5.92 Å². The number of aromatic nitrogens is 2. The van der Waals surface area contributed by atoms with E-state index in [0.717, 1.165) is 5.69 Å². The minimum absolute atomic E-state index is 0.420.